The van der Waals surface area contributed by atoms with E-state index in [9.17, 15) is 0 Å². The van der Waals surface area contributed by atoms with E-state index in [2.05, 4.69) is 76.2 Å². The molecule has 0 radical (unpaired) electrons. The third kappa shape index (κ3) is 6.96. The summed E-state index contributed by atoms with van der Waals surface area (Å²) < 4.78 is 44.6. The van der Waals surface area contributed by atoms with Gasteiger partial charge in [-0.1, -0.05) is 76.9 Å². The van der Waals surface area contributed by atoms with Gasteiger partial charge in [-0.25, -0.2) is 8.78 Å². The number of rotatable bonds is 12. The van der Waals surface area contributed by atoms with E-state index in [0.717, 1.165) is 110 Å². The Kier molecular flexibility index (Phi) is 9.93. The summed E-state index contributed by atoms with van der Waals surface area (Å²) in [4.78, 5) is 4.19. The molecule has 8 aromatic rings. The van der Waals surface area contributed by atoms with Gasteiger partial charge in [0.15, 0.2) is 0 Å². The molecule has 0 aliphatic rings. The monoisotopic (exact) mass is 768 g/mol. The van der Waals surface area contributed by atoms with Crippen molar-refractivity contribution in [2.45, 2.75) is 66.2 Å². The average Bonchev–Trinajstić information content (AvgIpc) is 3.96. The maximum Gasteiger partial charge on any atom is 0.132 e. The van der Waals surface area contributed by atoms with Gasteiger partial charge in [0.2, 0.25) is 0 Å². The van der Waals surface area contributed by atoms with Crippen molar-refractivity contribution in [1.29, 1.82) is 0 Å². The Morgan fingerprint density at radius 3 is 1.22 bits per heavy atom. The molecule has 9 heteroatoms. The number of fused-ring (bicyclic) bond motifs is 3. The molecule has 8 rings (SSSR count). The molecule has 0 spiro atoms. The highest BCUT2D eigenvalue weighted by atomic mass is 32.1. The van der Waals surface area contributed by atoms with E-state index in [1.165, 1.54) is 11.7 Å². The number of aromatic nitrogens is 2. The molecule has 2 unspecified atom stereocenters. The molecule has 0 amide bonds. The van der Waals surface area contributed by atoms with Crippen LogP contribution < -0.4 is 0 Å². The van der Waals surface area contributed by atoms with Gasteiger partial charge in [-0.3, -0.25) is 0 Å². The van der Waals surface area contributed by atoms with Crippen molar-refractivity contribution in [3.05, 3.63) is 95.6 Å². The molecule has 0 aliphatic carbocycles. The molecule has 3 aromatic carbocycles. The van der Waals surface area contributed by atoms with Crippen LogP contribution in [0.15, 0.2) is 72.8 Å². The van der Waals surface area contributed by atoms with Gasteiger partial charge < -0.3 is 0 Å². The van der Waals surface area contributed by atoms with E-state index < -0.39 is 0 Å². The van der Waals surface area contributed by atoms with Crippen LogP contribution in [0.1, 0.15) is 64.5 Å². The second-order valence-corrected chi connectivity index (χ2v) is 18.6. The Labute approximate surface area is 317 Å². The summed E-state index contributed by atoms with van der Waals surface area (Å²) in [6.07, 6.45) is 6.29. The lowest BCUT2D eigenvalue weighted by Gasteiger charge is -2.09. The SMILES string of the molecule is CCC(C)CCc1ccc(-c2cc3sc(-c4ccc(-c5cc6sc(-c7ccc(CCC(C)CC)cc7F)cc6s5)c5nsnc45)cc3s2)c(F)c1. The van der Waals surface area contributed by atoms with Gasteiger partial charge in [0, 0.05) is 60.6 Å². The van der Waals surface area contributed by atoms with Crippen LogP contribution >= 0.6 is 57.1 Å². The molecule has 51 heavy (non-hydrogen) atoms. The molecule has 0 fully saturated rings. The van der Waals surface area contributed by atoms with Crippen molar-refractivity contribution in [1.82, 2.24) is 8.75 Å². The van der Waals surface area contributed by atoms with Gasteiger partial charge in [0.25, 0.3) is 0 Å². The fourth-order valence-electron chi connectivity index (χ4n) is 6.53. The maximum absolute atomic E-state index is 15.2. The van der Waals surface area contributed by atoms with Gasteiger partial charge in [-0.05, 0) is 85.0 Å². The molecular weight excluding hydrogens is 731 g/mol. The Morgan fingerprint density at radius 1 is 0.510 bits per heavy atom. The minimum absolute atomic E-state index is 0.144. The van der Waals surface area contributed by atoms with Gasteiger partial charge in [-0.15, -0.1) is 45.3 Å². The molecule has 0 aliphatic heterocycles. The van der Waals surface area contributed by atoms with Crippen LogP contribution in [-0.4, -0.2) is 8.75 Å². The summed E-state index contributed by atoms with van der Waals surface area (Å²) in [5.41, 5.74) is 7.42. The van der Waals surface area contributed by atoms with Crippen LogP contribution in [0.4, 0.5) is 8.78 Å². The number of aryl methyl sites for hydroxylation is 2. The summed E-state index contributed by atoms with van der Waals surface area (Å²) in [6, 6.07) is 24.5. The smallest absolute Gasteiger partial charge is 0.132 e. The molecule has 0 saturated heterocycles. The number of hydrogen-bond acceptors (Lipinski definition) is 7. The highest BCUT2D eigenvalue weighted by molar-refractivity contribution is 7.31. The highest BCUT2D eigenvalue weighted by Gasteiger charge is 2.20. The molecule has 260 valence electrons. The summed E-state index contributed by atoms with van der Waals surface area (Å²) in [7, 11) is 0. The summed E-state index contributed by atoms with van der Waals surface area (Å²) in [5.74, 6) is 1.01. The van der Waals surface area contributed by atoms with Crippen molar-refractivity contribution < 1.29 is 8.78 Å². The molecule has 0 N–H and O–H groups in total. The van der Waals surface area contributed by atoms with Crippen molar-refractivity contribution in [3.63, 3.8) is 0 Å². The van der Waals surface area contributed by atoms with Crippen molar-refractivity contribution in [2.24, 2.45) is 11.8 Å². The van der Waals surface area contributed by atoms with Gasteiger partial charge in [-0.2, -0.15) is 8.75 Å². The van der Waals surface area contributed by atoms with Crippen LogP contribution in [0.2, 0.25) is 0 Å². The number of nitrogens with zero attached hydrogens (tertiary/aromatic N) is 2. The molecule has 0 saturated carbocycles. The zero-order valence-electron chi connectivity index (χ0n) is 29.0. The van der Waals surface area contributed by atoms with Crippen molar-refractivity contribution in [2.75, 3.05) is 0 Å². The summed E-state index contributed by atoms with van der Waals surface area (Å²) in [5, 5.41) is 0. The zero-order chi connectivity index (χ0) is 35.2. The lowest BCUT2D eigenvalue weighted by Crippen LogP contribution is -1.96. The first-order valence-electron chi connectivity index (χ1n) is 17.7. The lowest BCUT2D eigenvalue weighted by molar-refractivity contribution is 0.515. The normalized spacial score (nSPS) is 13.2. The van der Waals surface area contributed by atoms with Crippen LogP contribution in [0.3, 0.4) is 0 Å². The maximum atomic E-state index is 15.2. The second kappa shape index (κ2) is 14.6. The predicted octanol–water partition coefficient (Wildman–Crippen LogP) is 15.1. The third-order valence-electron chi connectivity index (χ3n) is 10.2. The second-order valence-electron chi connectivity index (χ2n) is 13.8. The quantitative estimate of drug-likeness (QED) is 0.124. The largest absolute Gasteiger partial charge is 0.206 e. The number of halogens is 2. The van der Waals surface area contributed by atoms with E-state index in [1.807, 2.05) is 12.1 Å². The minimum Gasteiger partial charge on any atom is -0.206 e. The summed E-state index contributed by atoms with van der Waals surface area (Å²) in [6.45, 7) is 8.92. The number of thiophene rings is 4. The Hall–Kier alpha value is -3.34. The molecule has 5 aromatic heterocycles. The highest BCUT2D eigenvalue weighted by Crippen LogP contribution is 2.47. The molecule has 2 nitrogen and oxygen atoms in total. The molecular formula is C42H38F2N2S5. The Morgan fingerprint density at radius 2 is 0.863 bits per heavy atom. The Bertz CT molecular complexity index is 2260. The molecule has 5 heterocycles. The topological polar surface area (TPSA) is 25.8 Å². The number of benzene rings is 3. The van der Waals surface area contributed by atoms with Crippen LogP contribution in [0.5, 0.6) is 0 Å². The Balaban J connectivity index is 1.03. The average molecular weight is 769 g/mol. The van der Waals surface area contributed by atoms with Gasteiger partial charge in [0.05, 0.1) is 11.7 Å². The molecule has 2 atom stereocenters. The summed E-state index contributed by atoms with van der Waals surface area (Å²) >= 11 is 7.95. The van der Waals surface area contributed by atoms with Crippen molar-refractivity contribution >= 4 is 86.9 Å². The first-order valence-corrected chi connectivity index (χ1v) is 21.7. The first kappa shape index (κ1) is 34.7. The first-order chi connectivity index (χ1) is 24.8. The fraction of sp³-hybridized carbons (Fsp3) is 0.286. The minimum atomic E-state index is -0.144. The van der Waals surface area contributed by atoms with Gasteiger partial charge >= 0.3 is 0 Å². The van der Waals surface area contributed by atoms with Crippen LogP contribution in [0.25, 0.3) is 71.6 Å². The van der Waals surface area contributed by atoms with E-state index in [1.54, 1.807) is 57.5 Å². The predicted molar refractivity (Wildman–Crippen MR) is 221 cm³/mol. The van der Waals surface area contributed by atoms with Gasteiger partial charge in [0.1, 0.15) is 22.7 Å². The standard InChI is InChI=1S/C42H38F2N2S5/c1-5-23(3)7-9-25-11-13-27(31(43)17-25)33-19-37-39(47-33)21-35(49-37)29-15-16-30(42-41(29)45-51-46-42)36-22-40-38(50-36)20-34(48-40)28-14-12-26(18-32(28)44)10-8-24(4)6-2/h11-24H,5-10H2,1-4H3. The van der Waals surface area contributed by atoms with Crippen LogP contribution in [0, 0.1) is 23.5 Å². The number of hydrogen-bond donors (Lipinski definition) is 0. The van der Waals surface area contributed by atoms with E-state index in [4.69, 9.17) is 8.75 Å². The third-order valence-corrected chi connectivity index (χ3v) is 15.5. The van der Waals surface area contributed by atoms with E-state index in [-0.39, 0.29) is 11.6 Å². The fourth-order valence-corrected chi connectivity index (χ4v) is 12.0. The van der Waals surface area contributed by atoms with E-state index >= 15 is 8.78 Å². The van der Waals surface area contributed by atoms with Crippen LogP contribution in [-0.2, 0) is 12.8 Å². The lowest BCUT2D eigenvalue weighted by atomic mass is 9.98. The molecule has 0 bridgehead atoms. The van der Waals surface area contributed by atoms with Crippen molar-refractivity contribution in [3.8, 4) is 41.8 Å². The van der Waals surface area contributed by atoms with E-state index in [0.29, 0.717) is 23.0 Å². The zero-order valence-corrected chi connectivity index (χ0v) is 33.1.